The van der Waals surface area contributed by atoms with Gasteiger partial charge in [-0.15, -0.1) is 11.3 Å². The maximum atomic E-state index is 12.3. The number of hydrogen-bond donors (Lipinski definition) is 1. The number of para-hydroxylation sites is 1. The number of hydrogen-bond acceptors (Lipinski definition) is 6. The van der Waals surface area contributed by atoms with Crippen molar-refractivity contribution in [2.75, 3.05) is 18.5 Å². The van der Waals surface area contributed by atoms with E-state index in [0.29, 0.717) is 41.1 Å². The molecule has 0 unspecified atom stereocenters. The highest BCUT2D eigenvalue weighted by Gasteiger charge is 2.21. The van der Waals surface area contributed by atoms with Crippen molar-refractivity contribution in [3.63, 3.8) is 0 Å². The number of nitrogens with zero attached hydrogens (tertiary/aromatic N) is 1. The number of ether oxygens (including phenoxy) is 2. The van der Waals surface area contributed by atoms with Crippen LogP contribution < -0.4 is 14.8 Å². The quantitative estimate of drug-likeness (QED) is 0.881. The van der Waals surface area contributed by atoms with Crippen LogP contribution in [0.4, 0.5) is 5.13 Å². The lowest BCUT2D eigenvalue weighted by atomic mass is 10.1. The van der Waals surface area contributed by atoms with Crippen LogP contribution in [0.5, 0.6) is 11.5 Å². The maximum Gasteiger partial charge on any atom is 0.261 e. The van der Waals surface area contributed by atoms with Crippen LogP contribution in [0.25, 0.3) is 0 Å². The molecule has 0 saturated carbocycles. The highest BCUT2D eigenvalue weighted by Crippen LogP contribution is 2.34. The second-order valence-corrected chi connectivity index (χ2v) is 5.24. The number of fused-ring (bicyclic) bond motifs is 1. The van der Waals surface area contributed by atoms with Crippen LogP contribution in [0.1, 0.15) is 27.8 Å². The van der Waals surface area contributed by atoms with Crippen molar-refractivity contribution in [1.29, 1.82) is 0 Å². The van der Waals surface area contributed by atoms with Gasteiger partial charge in [-0.1, -0.05) is 6.07 Å². The minimum Gasteiger partial charge on any atom is -0.486 e. The van der Waals surface area contributed by atoms with Gasteiger partial charge in [0.15, 0.2) is 22.4 Å². The first-order valence-corrected chi connectivity index (χ1v) is 7.19. The van der Waals surface area contributed by atoms with E-state index in [2.05, 4.69) is 10.3 Å². The highest BCUT2D eigenvalue weighted by molar-refractivity contribution is 7.14. The van der Waals surface area contributed by atoms with Crippen molar-refractivity contribution in [3.05, 3.63) is 34.8 Å². The number of benzene rings is 1. The fraction of sp³-hybridized carbons (Fsp3) is 0.214. The molecule has 6 nitrogen and oxygen atoms in total. The summed E-state index contributed by atoms with van der Waals surface area (Å²) >= 11 is 1.20. The molecule has 0 aliphatic carbocycles. The van der Waals surface area contributed by atoms with Crippen molar-refractivity contribution >= 4 is 28.2 Å². The molecule has 7 heteroatoms. The number of carbonyl (C=O) groups excluding carboxylic acids is 2. The Hall–Kier alpha value is -2.41. The Morgan fingerprint density at radius 2 is 2.10 bits per heavy atom. The molecule has 108 valence electrons. The van der Waals surface area contributed by atoms with Crippen LogP contribution in [-0.4, -0.2) is 29.9 Å². The molecule has 0 spiro atoms. The van der Waals surface area contributed by atoms with Gasteiger partial charge in [0.2, 0.25) is 0 Å². The Morgan fingerprint density at radius 3 is 2.86 bits per heavy atom. The third-order valence-corrected chi connectivity index (χ3v) is 3.65. The smallest absolute Gasteiger partial charge is 0.261 e. The molecule has 2 aromatic rings. The summed E-state index contributed by atoms with van der Waals surface area (Å²) < 4.78 is 10.9. The van der Waals surface area contributed by atoms with Crippen LogP contribution in [0.15, 0.2) is 23.6 Å². The van der Waals surface area contributed by atoms with Gasteiger partial charge in [0.25, 0.3) is 5.91 Å². The fourth-order valence-electron chi connectivity index (χ4n) is 1.91. The Bertz CT molecular complexity index is 711. The van der Waals surface area contributed by atoms with E-state index in [-0.39, 0.29) is 11.7 Å². The average molecular weight is 304 g/mol. The van der Waals surface area contributed by atoms with E-state index in [9.17, 15) is 9.59 Å². The van der Waals surface area contributed by atoms with Gasteiger partial charge in [-0.05, 0) is 12.1 Å². The molecular formula is C14H12N2O4S. The SMILES string of the molecule is CC(=O)c1csc(NC(=O)c2cccc3c2OCCO3)n1. The highest BCUT2D eigenvalue weighted by atomic mass is 32.1. The van der Waals surface area contributed by atoms with Crippen molar-refractivity contribution < 1.29 is 19.1 Å². The average Bonchev–Trinajstić information content (AvgIpc) is 2.95. The topological polar surface area (TPSA) is 77.5 Å². The van der Waals surface area contributed by atoms with Gasteiger partial charge >= 0.3 is 0 Å². The van der Waals surface area contributed by atoms with Gasteiger partial charge in [-0.25, -0.2) is 4.98 Å². The zero-order chi connectivity index (χ0) is 14.8. The van der Waals surface area contributed by atoms with Gasteiger partial charge in [-0.2, -0.15) is 0 Å². The summed E-state index contributed by atoms with van der Waals surface area (Å²) in [6.07, 6.45) is 0. The Kier molecular flexibility index (Phi) is 3.57. The number of nitrogens with one attached hydrogen (secondary N) is 1. The third-order valence-electron chi connectivity index (χ3n) is 2.90. The van der Waals surface area contributed by atoms with Gasteiger partial charge in [0, 0.05) is 12.3 Å². The number of amides is 1. The largest absolute Gasteiger partial charge is 0.486 e. The Balaban J connectivity index is 1.83. The number of thiazole rings is 1. The van der Waals surface area contributed by atoms with Crippen LogP contribution in [-0.2, 0) is 0 Å². The molecule has 1 aromatic heterocycles. The number of aromatic nitrogens is 1. The molecule has 0 radical (unpaired) electrons. The maximum absolute atomic E-state index is 12.3. The summed E-state index contributed by atoms with van der Waals surface area (Å²) in [5.41, 5.74) is 0.719. The van der Waals surface area contributed by atoms with Crippen molar-refractivity contribution in [2.45, 2.75) is 6.92 Å². The molecule has 0 fully saturated rings. The zero-order valence-electron chi connectivity index (χ0n) is 11.2. The van der Waals surface area contributed by atoms with Gasteiger partial charge < -0.3 is 9.47 Å². The van der Waals surface area contributed by atoms with Crippen LogP contribution >= 0.6 is 11.3 Å². The second-order valence-electron chi connectivity index (χ2n) is 4.38. The predicted octanol–water partition coefficient (Wildman–Crippen LogP) is 2.37. The first-order chi connectivity index (χ1) is 10.1. The summed E-state index contributed by atoms with van der Waals surface area (Å²) in [6, 6.07) is 5.14. The lowest BCUT2D eigenvalue weighted by molar-refractivity contribution is 0.0999. The first kappa shape index (κ1) is 13.6. The van der Waals surface area contributed by atoms with Crippen molar-refractivity contribution in [2.24, 2.45) is 0 Å². The molecule has 1 aliphatic heterocycles. The molecule has 2 heterocycles. The molecule has 0 bridgehead atoms. The molecule has 1 N–H and O–H groups in total. The molecule has 1 amide bonds. The van der Waals surface area contributed by atoms with Crippen LogP contribution in [0, 0.1) is 0 Å². The zero-order valence-corrected chi connectivity index (χ0v) is 12.0. The fourth-order valence-corrected chi connectivity index (χ4v) is 2.65. The van der Waals surface area contributed by atoms with Crippen LogP contribution in [0.3, 0.4) is 0 Å². The summed E-state index contributed by atoms with van der Waals surface area (Å²) in [7, 11) is 0. The summed E-state index contributed by atoms with van der Waals surface area (Å²) in [6.45, 7) is 2.30. The minimum absolute atomic E-state index is 0.138. The third kappa shape index (κ3) is 2.73. The van der Waals surface area contributed by atoms with Crippen molar-refractivity contribution in [1.82, 2.24) is 4.98 Å². The molecule has 3 rings (SSSR count). The molecule has 1 aromatic carbocycles. The number of rotatable bonds is 3. The summed E-state index contributed by atoms with van der Waals surface area (Å²) in [5, 5.41) is 4.65. The minimum atomic E-state index is -0.346. The number of carbonyl (C=O) groups is 2. The van der Waals surface area contributed by atoms with Gasteiger partial charge in [0.1, 0.15) is 18.9 Å². The number of ketones is 1. The molecular weight excluding hydrogens is 292 g/mol. The lowest BCUT2D eigenvalue weighted by Crippen LogP contribution is -2.20. The van der Waals surface area contributed by atoms with Crippen LogP contribution in [0.2, 0.25) is 0 Å². The number of anilines is 1. The van der Waals surface area contributed by atoms with Crippen molar-refractivity contribution in [3.8, 4) is 11.5 Å². The second kappa shape index (κ2) is 5.53. The molecule has 0 saturated heterocycles. The van der Waals surface area contributed by atoms with Gasteiger partial charge in [-0.3, -0.25) is 14.9 Å². The predicted molar refractivity (Wildman–Crippen MR) is 77.5 cm³/mol. The monoisotopic (exact) mass is 304 g/mol. The standard InChI is InChI=1S/C14H12N2O4S/c1-8(17)10-7-21-14(15-10)16-13(18)9-3-2-4-11-12(9)20-6-5-19-11/h2-4,7H,5-6H2,1H3,(H,15,16,18). The Morgan fingerprint density at radius 1 is 1.29 bits per heavy atom. The summed E-state index contributed by atoms with van der Waals surface area (Å²) in [5.74, 6) is 0.504. The molecule has 0 atom stereocenters. The summed E-state index contributed by atoms with van der Waals surface area (Å²) in [4.78, 5) is 27.6. The molecule has 1 aliphatic rings. The number of Topliss-reactive ketones (excluding diaryl/α,β-unsaturated/α-hetero) is 1. The lowest BCUT2D eigenvalue weighted by Gasteiger charge is -2.20. The Labute approximate surface area is 124 Å². The molecule has 21 heavy (non-hydrogen) atoms. The van der Waals surface area contributed by atoms with E-state index in [1.807, 2.05) is 0 Å². The van der Waals surface area contributed by atoms with E-state index in [0.717, 1.165) is 0 Å². The van der Waals surface area contributed by atoms with E-state index < -0.39 is 0 Å². The van der Waals surface area contributed by atoms with E-state index >= 15 is 0 Å². The normalized spacial score (nSPS) is 12.8. The van der Waals surface area contributed by atoms with E-state index in [1.54, 1.807) is 23.6 Å². The van der Waals surface area contributed by atoms with E-state index in [4.69, 9.17) is 9.47 Å². The van der Waals surface area contributed by atoms with E-state index in [1.165, 1.54) is 18.3 Å². The van der Waals surface area contributed by atoms with Gasteiger partial charge in [0.05, 0.1) is 5.56 Å². The first-order valence-electron chi connectivity index (χ1n) is 6.31.